The van der Waals surface area contributed by atoms with Crippen LogP contribution in [0.1, 0.15) is 30.9 Å². The molecule has 1 saturated heterocycles. The summed E-state index contributed by atoms with van der Waals surface area (Å²) in [7, 11) is 0. The Bertz CT molecular complexity index is 438. The quantitative estimate of drug-likeness (QED) is 0.895. The van der Waals surface area contributed by atoms with Gasteiger partial charge in [0.05, 0.1) is 0 Å². The van der Waals surface area contributed by atoms with E-state index in [4.69, 9.17) is 0 Å². The van der Waals surface area contributed by atoms with Gasteiger partial charge in [-0.25, -0.2) is 0 Å². The molecule has 0 radical (unpaired) electrons. The number of nitrogens with one attached hydrogen (secondary N) is 1. The molecule has 1 aromatic carbocycles. The molecule has 0 saturated carbocycles. The van der Waals surface area contributed by atoms with Crippen LogP contribution in [0.5, 0.6) is 0 Å². The number of halogens is 1. The van der Waals surface area contributed by atoms with Gasteiger partial charge in [0.1, 0.15) is 0 Å². The van der Waals surface area contributed by atoms with E-state index < -0.39 is 0 Å². The SMILES string of the molecule is Cc1ccc2c(c1)N(CC1(C)CCNC1)CCC2.Cl. The molecule has 1 N–H and O–H groups in total. The molecule has 2 nitrogen and oxygen atoms in total. The van der Waals surface area contributed by atoms with Crippen LogP contribution in [-0.2, 0) is 6.42 Å². The zero-order chi connectivity index (χ0) is 12.6. The summed E-state index contributed by atoms with van der Waals surface area (Å²) in [5.74, 6) is 0. The highest BCUT2D eigenvalue weighted by Crippen LogP contribution is 2.33. The molecule has 1 unspecified atom stereocenters. The Balaban J connectivity index is 0.00000133. The first-order chi connectivity index (χ1) is 8.66. The summed E-state index contributed by atoms with van der Waals surface area (Å²) in [6.45, 7) is 9.42. The number of benzene rings is 1. The van der Waals surface area contributed by atoms with Crippen LogP contribution in [0.25, 0.3) is 0 Å². The lowest BCUT2D eigenvalue weighted by Gasteiger charge is -2.37. The van der Waals surface area contributed by atoms with Gasteiger partial charge in [0.2, 0.25) is 0 Å². The number of fused-ring (bicyclic) bond motifs is 1. The molecule has 1 aromatic rings. The van der Waals surface area contributed by atoms with Crippen LogP contribution in [0.2, 0.25) is 0 Å². The largest absolute Gasteiger partial charge is 0.371 e. The third-order valence-electron chi connectivity index (χ3n) is 4.49. The average molecular weight is 281 g/mol. The molecule has 19 heavy (non-hydrogen) atoms. The van der Waals surface area contributed by atoms with Crippen LogP contribution in [0, 0.1) is 12.3 Å². The Morgan fingerprint density at radius 2 is 2.21 bits per heavy atom. The molecule has 3 rings (SSSR count). The summed E-state index contributed by atoms with van der Waals surface area (Å²) in [5.41, 5.74) is 4.88. The van der Waals surface area contributed by atoms with Crippen molar-refractivity contribution in [2.24, 2.45) is 5.41 Å². The van der Waals surface area contributed by atoms with Gasteiger partial charge >= 0.3 is 0 Å². The minimum absolute atomic E-state index is 0. The fourth-order valence-corrected chi connectivity index (χ4v) is 3.39. The van der Waals surface area contributed by atoms with Crippen LogP contribution in [0.3, 0.4) is 0 Å². The molecule has 0 spiro atoms. The van der Waals surface area contributed by atoms with Crippen molar-refractivity contribution in [2.45, 2.75) is 33.1 Å². The summed E-state index contributed by atoms with van der Waals surface area (Å²) in [5, 5.41) is 3.51. The van der Waals surface area contributed by atoms with Gasteiger partial charge in [0.15, 0.2) is 0 Å². The highest BCUT2D eigenvalue weighted by Gasteiger charge is 2.32. The van der Waals surface area contributed by atoms with Gasteiger partial charge < -0.3 is 10.2 Å². The number of rotatable bonds is 2. The van der Waals surface area contributed by atoms with Crippen LogP contribution < -0.4 is 10.2 Å². The lowest BCUT2D eigenvalue weighted by Crippen LogP contribution is -2.40. The molecule has 106 valence electrons. The van der Waals surface area contributed by atoms with Crippen molar-refractivity contribution in [1.29, 1.82) is 0 Å². The summed E-state index contributed by atoms with van der Waals surface area (Å²) < 4.78 is 0. The van der Waals surface area contributed by atoms with Gasteiger partial charge in [-0.2, -0.15) is 0 Å². The Morgan fingerprint density at radius 1 is 1.37 bits per heavy atom. The van der Waals surface area contributed by atoms with E-state index in [0.717, 1.165) is 0 Å². The summed E-state index contributed by atoms with van der Waals surface area (Å²) in [4.78, 5) is 2.62. The van der Waals surface area contributed by atoms with E-state index in [2.05, 4.69) is 42.3 Å². The Kier molecular flexibility index (Phi) is 4.42. The van der Waals surface area contributed by atoms with Gasteiger partial charge in [0.25, 0.3) is 0 Å². The second kappa shape index (κ2) is 5.72. The van der Waals surface area contributed by atoms with Crippen LogP contribution >= 0.6 is 12.4 Å². The molecule has 2 aliphatic heterocycles. The van der Waals surface area contributed by atoms with Crippen molar-refractivity contribution < 1.29 is 0 Å². The van der Waals surface area contributed by atoms with E-state index in [0.29, 0.717) is 5.41 Å². The van der Waals surface area contributed by atoms with Crippen molar-refractivity contribution in [3.8, 4) is 0 Å². The fourth-order valence-electron chi connectivity index (χ4n) is 3.39. The first-order valence-corrected chi connectivity index (χ1v) is 7.22. The summed E-state index contributed by atoms with van der Waals surface area (Å²) in [6.07, 6.45) is 3.87. The van der Waals surface area contributed by atoms with Crippen molar-refractivity contribution in [2.75, 3.05) is 31.1 Å². The normalized spacial score (nSPS) is 25.9. The van der Waals surface area contributed by atoms with Crippen LogP contribution in [0.4, 0.5) is 5.69 Å². The lowest BCUT2D eigenvalue weighted by molar-refractivity contribution is 0.361. The van der Waals surface area contributed by atoms with Crippen molar-refractivity contribution in [1.82, 2.24) is 5.32 Å². The van der Waals surface area contributed by atoms with Gasteiger partial charge in [-0.3, -0.25) is 0 Å². The topological polar surface area (TPSA) is 15.3 Å². The molecule has 0 amide bonds. The monoisotopic (exact) mass is 280 g/mol. The fraction of sp³-hybridized carbons (Fsp3) is 0.625. The predicted octanol–water partition coefficient (Wildman–Crippen LogP) is 3.17. The Morgan fingerprint density at radius 3 is 2.95 bits per heavy atom. The van der Waals surface area contributed by atoms with Crippen molar-refractivity contribution in [3.63, 3.8) is 0 Å². The first kappa shape index (κ1) is 14.7. The Hall–Kier alpha value is -0.730. The number of anilines is 1. The third kappa shape index (κ3) is 3.06. The molecular weight excluding hydrogens is 256 g/mol. The zero-order valence-corrected chi connectivity index (χ0v) is 12.9. The Labute approximate surface area is 123 Å². The maximum absolute atomic E-state index is 3.51. The second-order valence-corrected chi connectivity index (χ2v) is 6.39. The van der Waals surface area contributed by atoms with Crippen LogP contribution in [0.15, 0.2) is 18.2 Å². The maximum atomic E-state index is 3.51. The third-order valence-corrected chi connectivity index (χ3v) is 4.49. The standard InChI is InChI=1S/C16H24N2.ClH/c1-13-5-6-14-4-3-9-18(15(14)10-13)12-16(2)7-8-17-11-16;/h5-6,10,17H,3-4,7-9,11-12H2,1-2H3;1H. The van der Waals surface area contributed by atoms with E-state index in [1.54, 1.807) is 5.56 Å². The predicted molar refractivity (Wildman–Crippen MR) is 84.6 cm³/mol. The minimum Gasteiger partial charge on any atom is -0.371 e. The zero-order valence-electron chi connectivity index (χ0n) is 12.0. The van der Waals surface area contributed by atoms with E-state index in [-0.39, 0.29) is 12.4 Å². The van der Waals surface area contributed by atoms with Gasteiger partial charge in [0, 0.05) is 25.3 Å². The summed E-state index contributed by atoms with van der Waals surface area (Å²) >= 11 is 0. The summed E-state index contributed by atoms with van der Waals surface area (Å²) in [6, 6.07) is 6.95. The van der Waals surface area contributed by atoms with Gasteiger partial charge in [-0.1, -0.05) is 19.1 Å². The number of hydrogen-bond donors (Lipinski definition) is 1. The molecule has 0 aromatic heterocycles. The highest BCUT2D eigenvalue weighted by molar-refractivity contribution is 5.85. The molecule has 0 aliphatic carbocycles. The van der Waals surface area contributed by atoms with Gasteiger partial charge in [-0.05, 0) is 55.3 Å². The van der Waals surface area contributed by atoms with Gasteiger partial charge in [-0.15, -0.1) is 12.4 Å². The molecule has 1 fully saturated rings. The lowest BCUT2D eigenvalue weighted by atomic mass is 9.87. The molecule has 1 atom stereocenters. The van der Waals surface area contributed by atoms with E-state index >= 15 is 0 Å². The van der Waals surface area contributed by atoms with E-state index in [1.807, 2.05) is 0 Å². The number of hydrogen-bond acceptors (Lipinski definition) is 2. The highest BCUT2D eigenvalue weighted by atomic mass is 35.5. The van der Waals surface area contributed by atoms with Crippen molar-refractivity contribution >= 4 is 18.1 Å². The second-order valence-electron chi connectivity index (χ2n) is 6.39. The smallest absolute Gasteiger partial charge is 0.0401 e. The van der Waals surface area contributed by atoms with Crippen LogP contribution in [-0.4, -0.2) is 26.2 Å². The minimum atomic E-state index is 0. The molecule has 3 heteroatoms. The molecule has 0 bridgehead atoms. The number of aryl methyl sites for hydroxylation is 2. The first-order valence-electron chi connectivity index (χ1n) is 7.22. The number of nitrogens with zero attached hydrogens (tertiary/aromatic N) is 1. The molecule has 2 heterocycles. The maximum Gasteiger partial charge on any atom is 0.0401 e. The molecule has 2 aliphatic rings. The van der Waals surface area contributed by atoms with Crippen molar-refractivity contribution in [3.05, 3.63) is 29.3 Å². The van der Waals surface area contributed by atoms with E-state index in [9.17, 15) is 0 Å². The van der Waals surface area contributed by atoms with E-state index in [1.165, 1.54) is 56.7 Å². The molecular formula is C16H25ClN2. The average Bonchev–Trinajstić information content (AvgIpc) is 2.77.